The van der Waals surface area contributed by atoms with Crippen LogP contribution in [0.1, 0.15) is 65.2 Å². The van der Waals surface area contributed by atoms with Gasteiger partial charge in [0.2, 0.25) is 0 Å². The summed E-state index contributed by atoms with van der Waals surface area (Å²) in [5.74, 6) is 0.714. The highest BCUT2D eigenvalue weighted by atomic mass is 14.9. The van der Waals surface area contributed by atoms with Crippen molar-refractivity contribution in [3.8, 4) is 0 Å². The van der Waals surface area contributed by atoms with Gasteiger partial charge in [-0.05, 0) is 38.6 Å². The first-order valence-electron chi connectivity index (χ1n) is 7.23. The van der Waals surface area contributed by atoms with Gasteiger partial charge >= 0.3 is 0 Å². The van der Waals surface area contributed by atoms with Gasteiger partial charge in [0.05, 0.1) is 0 Å². The van der Waals surface area contributed by atoms with Crippen LogP contribution in [-0.2, 0) is 0 Å². The van der Waals surface area contributed by atoms with Gasteiger partial charge in [-0.2, -0.15) is 0 Å². The van der Waals surface area contributed by atoms with Crippen molar-refractivity contribution in [3.63, 3.8) is 0 Å². The molecule has 0 aromatic carbocycles. The average molecular weight is 226 g/mol. The summed E-state index contributed by atoms with van der Waals surface area (Å²) in [6.07, 6.45) is 10.6. The molecule has 0 bridgehead atoms. The zero-order chi connectivity index (χ0) is 11.8. The molecule has 1 rings (SSSR count). The number of unbranched alkanes of at least 4 members (excludes halogenated alkanes) is 1. The Labute approximate surface area is 101 Å². The zero-order valence-corrected chi connectivity index (χ0v) is 11.2. The van der Waals surface area contributed by atoms with E-state index >= 15 is 0 Å². The quantitative estimate of drug-likeness (QED) is 0.683. The molecule has 1 aliphatic rings. The van der Waals surface area contributed by atoms with Crippen LogP contribution in [0.5, 0.6) is 0 Å². The molecule has 3 unspecified atom stereocenters. The molecule has 3 N–H and O–H groups in total. The van der Waals surface area contributed by atoms with E-state index in [0.717, 1.165) is 6.54 Å². The Balaban J connectivity index is 2.18. The van der Waals surface area contributed by atoms with E-state index in [0.29, 0.717) is 18.0 Å². The molecule has 1 saturated carbocycles. The SMILES string of the molecule is CCCCC(C)NCC1CCCCCC1N. The lowest BCUT2D eigenvalue weighted by atomic mass is 9.95. The van der Waals surface area contributed by atoms with Crippen LogP contribution in [0.15, 0.2) is 0 Å². The van der Waals surface area contributed by atoms with E-state index in [-0.39, 0.29) is 0 Å². The first kappa shape index (κ1) is 14.0. The summed E-state index contributed by atoms with van der Waals surface area (Å²) in [5.41, 5.74) is 6.23. The number of hydrogen-bond acceptors (Lipinski definition) is 2. The topological polar surface area (TPSA) is 38.0 Å². The Kier molecular flexibility index (Phi) is 7.06. The predicted molar refractivity (Wildman–Crippen MR) is 71.5 cm³/mol. The first-order chi connectivity index (χ1) is 7.74. The smallest absolute Gasteiger partial charge is 0.00792 e. The van der Waals surface area contributed by atoms with E-state index in [2.05, 4.69) is 19.2 Å². The second kappa shape index (κ2) is 8.08. The second-order valence-corrected chi connectivity index (χ2v) is 5.51. The molecule has 0 amide bonds. The maximum atomic E-state index is 6.23. The van der Waals surface area contributed by atoms with Crippen molar-refractivity contribution in [1.82, 2.24) is 5.32 Å². The van der Waals surface area contributed by atoms with Crippen LogP contribution < -0.4 is 11.1 Å². The van der Waals surface area contributed by atoms with E-state index in [1.807, 2.05) is 0 Å². The van der Waals surface area contributed by atoms with Crippen LogP contribution in [-0.4, -0.2) is 18.6 Å². The third-order valence-corrected chi connectivity index (χ3v) is 3.94. The fourth-order valence-electron chi connectivity index (χ4n) is 2.63. The molecular weight excluding hydrogens is 196 g/mol. The normalized spacial score (nSPS) is 28.7. The molecule has 1 fully saturated rings. The van der Waals surface area contributed by atoms with Crippen molar-refractivity contribution in [2.24, 2.45) is 11.7 Å². The standard InChI is InChI=1S/C14H30N2/c1-3-4-8-12(2)16-11-13-9-6-5-7-10-14(13)15/h12-14,16H,3-11,15H2,1-2H3. The molecule has 0 spiro atoms. The number of hydrogen-bond donors (Lipinski definition) is 2. The highest BCUT2D eigenvalue weighted by molar-refractivity contribution is 4.79. The molecule has 2 nitrogen and oxygen atoms in total. The van der Waals surface area contributed by atoms with E-state index in [9.17, 15) is 0 Å². The molecule has 0 aromatic rings. The predicted octanol–water partition coefficient (Wildman–Crippen LogP) is 3.06. The van der Waals surface area contributed by atoms with Crippen molar-refractivity contribution in [2.75, 3.05) is 6.54 Å². The molecule has 96 valence electrons. The Morgan fingerprint density at radius 2 is 2.00 bits per heavy atom. The lowest BCUT2D eigenvalue weighted by Crippen LogP contribution is -2.39. The molecule has 0 radical (unpaired) electrons. The summed E-state index contributed by atoms with van der Waals surface area (Å²) in [4.78, 5) is 0. The van der Waals surface area contributed by atoms with Crippen LogP contribution in [0.2, 0.25) is 0 Å². The molecule has 2 heteroatoms. The molecule has 0 saturated heterocycles. The molecule has 16 heavy (non-hydrogen) atoms. The average Bonchev–Trinajstić information content (AvgIpc) is 2.48. The van der Waals surface area contributed by atoms with Gasteiger partial charge in [-0.3, -0.25) is 0 Å². The lowest BCUT2D eigenvalue weighted by molar-refractivity contribution is 0.350. The van der Waals surface area contributed by atoms with Crippen molar-refractivity contribution in [1.29, 1.82) is 0 Å². The molecule has 0 aliphatic heterocycles. The molecule has 0 heterocycles. The third kappa shape index (κ3) is 5.31. The number of nitrogens with one attached hydrogen (secondary N) is 1. The summed E-state index contributed by atoms with van der Waals surface area (Å²) >= 11 is 0. The van der Waals surface area contributed by atoms with Gasteiger partial charge in [0, 0.05) is 12.1 Å². The molecule has 0 aromatic heterocycles. The minimum atomic E-state index is 0.438. The van der Waals surface area contributed by atoms with Crippen LogP contribution in [0, 0.1) is 5.92 Å². The van der Waals surface area contributed by atoms with Gasteiger partial charge in [0.1, 0.15) is 0 Å². The lowest BCUT2D eigenvalue weighted by Gasteiger charge is -2.24. The van der Waals surface area contributed by atoms with Gasteiger partial charge in [0.25, 0.3) is 0 Å². The van der Waals surface area contributed by atoms with Crippen LogP contribution in [0.25, 0.3) is 0 Å². The summed E-state index contributed by atoms with van der Waals surface area (Å²) in [6, 6.07) is 1.10. The Bertz CT molecular complexity index is 170. The Morgan fingerprint density at radius 1 is 1.25 bits per heavy atom. The van der Waals surface area contributed by atoms with Crippen LogP contribution >= 0.6 is 0 Å². The monoisotopic (exact) mass is 226 g/mol. The number of rotatable bonds is 6. The van der Waals surface area contributed by atoms with Gasteiger partial charge in [-0.15, -0.1) is 0 Å². The van der Waals surface area contributed by atoms with Gasteiger partial charge in [-0.1, -0.05) is 39.0 Å². The van der Waals surface area contributed by atoms with E-state index in [1.54, 1.807) is 0 Å². The van der Waals surface area contributed by atoms with Crippen LogP contribution in [0.4, 0.5) is 0 Å². The summed E-state index contributed by atoms with van der Waals surface area (Å²) in [5, 5.41) is 3.67. The fraction of sp³-hybridized carbons (Fsp3) is 1.00. The van der Waals surface area contributed by atoms with E-state index in [4.69, 9.17) is 5.73 Å². The van der Waals surface area contributed by atoms with E-state index in [1.165, 1.54) is 51.4 Å². The third-order valence-electron chi connectivity index (χ3n) is 3.94. The number of nitrogens with two attached hydrogens (primary N) is 1. The van der Waals surface area contributed by atoms with Crippen molar-refractivity contribution >= 4 is 0 Å². The summed E-state index contributed by atoms with van der Waals surface area (Å²) in [6.45, 7) is 5.69. The van der Waals surface area contributed by atoms with E-state index < -0.39 is 0 Å². The first-order valence-corrected chi connectivity index (χ1v) is 7.23. The van der Waals surface area contributed by atoms with Crippen LogP contribution in [0.3, 0.4) is 0 Å². The maximum Gasteiger partial charge on any atom is 0.00792 e. The summed E-state index contributed by atoms with van der Waals surface area (Å²) in [7, 11) is 0. The Hall–Kier alpha value is -0.0800. The van der Waals surface area contributed by atoms with Gasteiger partial charge in [0.15, 0.2) is 0 Å². The van der Waals surface area contributed by atoms with Gasteiger partial charge in [-0.25, -0.2) is 0 Å². The molecule has 1 aliphatic carbocycles. The second-order valence-electron chi connectivity index (χ2n) is 5.51. The maximum absolute atomic E-state index is 6.23. The van der Waals surface area contributed by atoms with Gasteiger partial charge < -0.3 is 11.1 Å². The minimum absolute atomic E-state index is 0.438. The van der Waals surface area contributed by atoms with Crippen molar-refractivity contribution in [2.45, 2.75) is 77.3 Å². The molecule has 3 atom stereocenters. The zero-order valence-electron chi connectivity index (χ0n) is 11.2. The van der Waals surface area contributed by atoms with Crippen molar-refractivity contribution in [3.05, 3.63) is 0 Å². The summed E-state index contributed by atoms with van der Waals surface area (Å²) < 4.78 is 0. The minimum Gasteiger partial charge on any atom is -0.327 e. The van der Waals surface area contributed by atoms with Crippen molar-refractivity contribution < 1.29 is 0 Å². The Morgan fingerprint density at radius 3 is 2.75 bits per heavy atom. The molecular formula is C14H30N2. The highest BCUT2D eigenvalue weighted by Crippen LogP contribution is 2.21. The fourth-order valence-corrected chi connectivity index (χ4v) is 2.63. The largest absolute Gasteiger partial charge is 0.327 e. The highest BCUT2D eigenvalue weighted by Gasteiger charge is 2.20.